The minimum atomic E-state index is -3.85. The molecule has 218 valence electrons. The molecule has 0 spiro atoms. The zero-order valence-electron chi connectivity index (χ0n) is 23.6. The van der Waals surface area contributed by atoms with E-state index in [1.54, 1.807) is 30.1 Å². The smallest absolute Gasteiger partial charge is 0.282 e. The van der Waals surface area contributed by atoms with Crippen LogP contribution in [0, 0.1) is 6.92 Å². The SMILES string of the molecule is CCN1CCN(S(=O)(=O)c2cnc(OCCOC)c(-c3nc4c(C)n(-c5ccccn5)nc4c(=O)n3CC)c2)CC1. The van der Waals surface area contributed by atoms with Crippen molar-refractivity contribution in [3.63, 3.8) is 0 Å². The van der Waals surface area contributed by atoms with Crippen molar-refractivity contribution in [3.8, 4) is 23.1 Å². The number of ether oxygens (including phenoxy) is 2. The molecule has 0 bridgehead atoms. The largest absolute Gasteiger partial charge is 0.475 e. The average Bonchev–Trinajstić information content (AvgIpc) is 3.34. The molecular formula is C27H34N8O5S. The summed E-state index contributed by atoms with van der Waals surface area (Å²) >= 11 is 0. The molecule has 0 saturated carbocycles. The number of sulfonamides is 1. The van der Waals surface area contributed by atoms with Gasteiger partial charge in [0.1, 0.15) is 22.8 Å². The fourth-order valence-corrected chi connectivity index (χ4v) is 6.26. The summed E-state index contributed by atoms with van der Waals surface area (Å²) in [4.78, 5) is 29.5. The molecule has 0 aromatic carbocycles. The molecule has 0 aliphatic carbocycles. The molecule has 41 heavy (non-hydrogen) atoms. The monoisotopic (exact) mass is 582 g/mol. The Kier molecular flexibility index (Phi) is 8.45. The van der Waals surface area contributed by atoms with E-state index in [9.17, 15) is 13.2 Å². The highest BCUT2D eigenvalue weighted by Gasteiger charge is 2.30. The molecule has 1 aliphatic heterocycles. The van der Waals surface area contributed by atoms with Gasteiger partial charge in [-0.05, 0) is 38.6 Å². The van der Waals surface area contributed by atoms with Crippen LogP contribution >= 0.6 is 0 Å². The number of aromatic nitrogens is 6. The van der Waals surface area contributed by atoms with E-state index < -0.39 is 10.0 Å². The minimum Gasteiger partial charge on any atom is -0.475 e. The van der Waals surface area contributed by atoms with Gasteiger partial charge >= 0.3 is 0 Å². The van der Waals surface area contributed by atoms with Crippen molar-refractivity contribution < 1.29 is 17.9 Å². The van der Waals surface area contributed by atoms with E-state index in [1.807, 2.05) is 19.9 Å². The first-order chi connectivity index (χ1) is 19.8. The number of fused-ring (bicyclic) bond motifs is 1. The van der Waals surface area contributed by atoms with Crippen LogP contribution in [0.1, 0.15) is 19.5 Å². The number of piperazine rings is 1. The number of hydrogen-bond donors (Lipinski definition) is 0. The van der Waals surface area contributed by atoms with Gasteiger partial charge in [-0.2, -0.15) is 9.40 Å². The van der Waals surface area contributed by atoms with E-state index in [-0.39, 0.29) is 40.8 Å². The number of aryl methyl sites for hydroxylation is 1. The lowest BCUT2D eigenvalue weighted by Crippen LogP contribution is -2.48. The van der Waals surface area contributed by atoms with Crippen LogP contribution in [0.4, 0.5) is 0 Å². The molecule has 0 amide bonds. The minimum absolute atomic E-state index is 0.00874. The standard InChI is InChI=1S/C27H34N8O5S/c1-5-32-11-13-33(14-12-32)41(37,38)20-17-21(26(29-18-20)40-16-15-39-4)25-30-23-19(3)35(22-9-7-8-10-28-22)31-24(23)27(36)34(25)6-2/h7-10,17-18H,5-6,11-16H2,1-4H3. The number of nitrogens with zero attached hydrogens (tertiary/aromatic N) is 8. The summed E-state index contributed by atoms with van der Waals surface area (Å²) in [6.45, 7) is 9.36. The molecule has 0 atom stereocenters. The van der Waals surface area contributed by atoms with Gasteiger partial charge in [0.05, 0.1) is 24.1 Å². The van der Waals surface area contributed by atoms with Crippen molar-refractivity contribution in [1.82, 2.24) is 38.5 Å². The Morgan fingerprint density at radius 1 is 1.00 bits per heavy atom. The van der Waals surface area contributed by atoms with E-state index >= 15 is 0 Å². The van der Waals surface area contributed by atoms with Crippen molar-refractivity contribution in [1.29, 1.82) is 0 Å². The first-order valence-electron chi connectivity index (χ1n) is 13.6. The summed E-state index contributed by atoms with van der Waals surface area (Å²) in [5.41, 5.74) is 1.11. The summed E-state index contributed by atoms with van der Waals surface area (Å²) < 4.78 is 42.9. The lowest BCUT2D eigenvalue weighted by molar-refractivity contribution is 0.144. The zero-order chi connectivity index (χ0) is 29.1. The van der Waals surface area contributed by atoms with Crippen LogP contribution in [0.25, 0.3) is 28.2 Å². The Morgan fingerprint density at radius 3 is 2.44 bits per heavy atom. The number of pyridine rings is 2. The topological polar surface area (TPSA) is 138 Å². The highest BCUT2D eigenvalue weighted by atomic mass is 32.2. The third-order valence-corrected chi connectivity index (χ3v) is 9.06. The number of likely N-dealkylation sites (N-methyl/N-ethyl adjacent to an activating group) is 1. The third-order valence-electron chi connectivity index (χ3n) is 7.20. The van der Waals surface area contributed by atoms with Crippen molar-refractivity contribution in [3.05, 3.63) is 52.7 Å². The maximum Gasteiger partial charge on any atom is 0.282 e. The second-order valence-corrected chi connectivity index (χ2v) is 11.5. The second kappa shape index (κ2) is 12.0. The normalized spacial score (nSPS) is 15.0. The van der Waals surface area contributed by atoms with Crippen LogP contribution in [-0.2, 0) is 21.3 Å². The molecule has 4 aromatic rings. The van der Waals surface area contributed by atoms with Crippen LogP contribution in [0.3, 0.4) is 0 Å². The van der Waals surface area contributed by atoms with Gasteiger partial charge in [-0.3, -0.25) is 9.36 Å². The molecule has 4 aromatic heterocycles. The van der Waals surface area contributed by atoms with E-state index in [2.05, 4.69) is 26.9 Å². The molecule has 0 N–H and O–H groups in total. The van der Waals surface area contributed by atoms with E-state index in [1.165, 1.54) is 21.1 Å². The average molecular weight is 583 g/mol. The van der Waals surface area contributed by atoms with E-state index in [0.29, 0.717) is 55.4 Å². The fourth-order valence-electron chi connectivity index (χ4n) is 4.87. The quantitative estimate of drug-likeness (QED) is 0.254. The van der Waals surface area contributed by atoms with Gasteiger partial charge in [0.2, 0.25) is 15.9 Å². The highest BCUT2D eigenvalue weighted by molar-refractivity contribution is 7.89. The van der Waals surface area contributed by atoms with Crippen molar-refractivity contribution in [2.45, 2.75) is 32.2 Å². The molecular weight excluding hydrogens is 548 g/mol. The van der Waals surface area contributed by atoms with Gasteiger partial charge in [0.25, 0.3) is 5.56 Å². The highest BCUT2D eigenvalue weighted by Crippen LogP contribution is 2.31. The molecule has 1 fully saturated rings. The van der Waals surface area contributed by atoms with Gasteiger partial charge < -0.3 is 14.4 Å². The Hall–Kier alpha value is -3.72. The van der Waals surface area contributed by atoms with Crippen LogP contribution in [0.2, 0.25) is 0 Å². The summed E-state index contributed by atoms with van der Waals surface area (Å²) in [7, 11) is -2.30. The first-order valence-corrected chi connectivity index (χ1v) is 15.0. The molecule has 14 heteroatoms. The summed E-state index contributed by atoms with van der Waals surface area (Å²) in [5, 5.41) is 4.53. The molecule has 1 aliphatic rings. The Labute approximate surface area is 238 Å². The van der Waals surface area contributed by atoms with Crippen LogP contribution in [0.5, 0.6) is 5.88 Å². The van der Waals surface area contributed by atoms with Gasteiger partial charge in [0.15, 0.2) is 11.3 Å². The Morgan fingerprint density at radius 2 is 1.78 bits per heavy atom. The maximum absolute atomic E-state index is 13.7. The number of methoxy groups -OCH3 is 1. The second-order valence-electron chi connectivity index (χ2n) is 9.57. The summed E-state index contributed by atoms with van der Waals surface area (Å²) in [5.74, 6) is 0.940. The van der Waals surface area contributed by atoms with Gasteiger partial charge in [-0.1, -0.05) is 13.0 Å². The van der Waals surface area contributed by atoms with E-state index in [0.717, 1.165) is 6.54 Å². The molecule has 0 unspecified atom stereocenters. The van der Waals surface area contributed by atoms with Crippen molar-refractivity contribution >= 4 is 21.1 Å². The molecule has 1 saturated heterocycles. The predicted octanol–water partition coefficient (Wildman–Crippen LogP) is 1.72. The number of hydrogen-bond acceptors (Lipinski definition) is 10. The van der Waals surface area contributed by atoms with Crippen molar-refractivity contribution in [2.24, 2.45) is 0 Å². The van der Waals surface area contributed by atoms with Gasteiger partial charge in [-0.15, -0.1) is 0 Å². The lowest BCUT2D eigenvalue weighted by atomic mass is 10.2. The van der Waals surface area contributed by atoms with Crippen LogP contribution < -0.4 is 10.3 Å². The Balaban J connectivity index is 1.67. The zero-order valence-corrected chi connectivity index (χ0v) is 24.5. The number of rotatable bonds is 10. The first kappa shape index (κ1) is 28.8. The van der Waals surface area contributed by atoms with Crippen LogP contribution in [-0.4, -0.2) is 100.0 Å². The Bertz CT molecular complexity index is 1700. The molecule has 5 heterocycles. The van der Waals surface area contributed by atoms with Crippen LogP contribution in [0.15, 0.2) is 46.3 Å². The fraction of sp³-hybridized carbons (Fsp3) is 0.444. The summed E-state index contributed by atoms with van der Waals surface area (Å²) in [6, 6.07) is 6.92. The van der Waals surface area contributed by atoms with Gasteiger partial charge in [-0.25, -0.2) is 28.1 Å². The molecule has 13 nitrogen and oxygen atoms in total. The van der Waals surface area contributed by atoms with E-state index in [4.69, 9.17) is 14.5 Å². The third kappa shape index (κ3) is 5.47. The lowest BCUT2D eigenvalue weighted by Gasteiger charge is -2.33. The van der Waals surface area contributed by atoms with Crippen molar-refractivity contribution in [2.75, 3.05) is 53.0 Å². The summed E-state index contributed by atoms with van der Waals surface area (Å²) in [6.07, 6.45) is 2.94. The van der Waals surface area contributed by atoms with Gasteiger partial charge in [0, 0.05) is 46.0 Å². The predicted molar refractivity (Wildman–Crippen MR) is 153 cm³/mol. The molecule has 5 rings (SSSR count). The molecule has 0 radical (unpaired) electrons. The maximum atomic E-state index is 13.7.